The van der Waals surface area contributed by atoms with Gasteiger partial charge >= 0.3 is 0 Å². The largest absolute Gasteiger partial charge is 0.0955 e. The molecular weight excluding hydrogens is 204 g/mol. The van der Waals surface area contributed by atoms with Crippen LogP contribution in [0.5, 0.6) is 0 Å². The summed E-state index contributed by atoms with van der Waals surface area (Å²) in [7, 11) is 0. The molecule has 0 saturated heterocycles. The highest BCUT2D eigenvalue weighted by molar-refractivity contribution is 5.46. The molecule has 1 aliphatic rings. The summed E-state index contributed by atoms with van der Waals surface area (Å²) in [6, 6.07) is 8.84. The average molecular weight is 224 g/mol. The number of rotatable bonds is 3. The van der Waals surface area contributed by atoms with E-state index in [0.29, 0.717) is 5.92 Å². The van der Waals surface area contributed by atoms with Gasteiger partial charge in [0.25, 0.3) is 0 Å². The van der Waals surface area contributed by atoms with E-state index in [-0.39, 0.29) is 0 Å². The van der Waals surface area contributed by atoms with E-state index in [1.165, 1.54) is 22.3 Å². The van der Waals surface area contributed by atoms with Crippen molar-refractivity contribution in [1.29, 1.82) is 0 Å². The summed E-state index contributed by atoms with van der Waals surface area (Å²) in [6.07, 6.45) is 5.71. The van der Waals surface area contributed by atoms with E-state index in [9.17, 15) is 0 Å². The number of allylic oxidation sites excluding steroid dienone is 5. The molecule has 0 aliphatic heterocycles. The second-order valence-electron chi connectivity index (χ2n) is 5.09. The first kappa shape index (κ1) is 11.9. The lowest BCUT2D eigenvalue weighted by Gasteiger charge is -2.10. The van der Waals surface area contributed by atoms with Gasteiger partial charge in [-0.1, -0.05) is 59.7 Å². The second-order valence-corrected chi connectivity index (χ2v) is 5.09. The van der Waals surface area contributed by atoms with Gasteiger partial charge in [0, 0.05) is 5.92 Å². The minimum absolute atomic E-state index is 0.546. The molecule has 0 radical (unpaired) electrons. The minimum Gasteiger partial charge on any atom is -0.0955 e. The highest BCUT2D eigenvalue weighted by Crippen LogP contribution is 2.30. The second kappa shape index (κ2) is 4.75. The van der Waals surface area contributed by atoms with Crippen LogP contribution in [0, 0.1) is 12.8 Å². The van der Waals surface area contributed by atoms with Crippen molar-refractivity contribution >= 4 is 0 Å². The van der Waals surface area contributed by atoms with Gasteiger partial charge in [0.05, 0.1) is 0 Å². The normalized spacial score (nSPS) is 18.9. The highest BCUT2D eigenvalue weighted by atomic mass is 14.2. The third-order valence-corrected chi connectivity index (χ3v) is 3.42. The zero-order valence-electron chi connectivity index (χ0n) is 11.0. The SMILES string of the molecule is C=C(C)C1=CC(Cc2ccc(C)cc2)C(C)=C1. The maximum atomic E-state index is 4.01. The quantitative estimate of drug-likeness (QED) is 0.703. The van der Waals surface area contributed by atoms with E-state index in [0.717, 1.165) is 12.0 Å². The molecule has 0 bridgehead atoms. The fourth-order valence-electron chi connectivity index (χ4n) is 2.21. The van der Waals surface area contributed by atoms with Gasteiger partial charge in [0.1, 0.15) is 0 Å². The Kier molecular flexibility index (Phi) is 3.33. The molecule has 88 valence electrons. The van der Waals surface area contributed by atoms with E-state index in [1.54, 1.807) is 0 Å². The summed E-state index contributed by atoms with van der Waals surface area (Å²) in [4.78, 5) is 0. The van der Waals surface area contributed by atoms with Crippen LogP contribution in [0.1, 0.15) is 25.0 Å². The first-order chi connectivity index (χ1) is 8.06. The van der Waals surface area contributed by atoms with Crippen LogP contribution in [0.25, 0.3) is 0 Å². The smallest absolute Gasteiger partial charge is 0.00268 e. The molecule has 1 aromatic rings. The molecule has 0 fully saturated rings. The van der Waals surface area contributed by atoms with E-state index < -0.39 is 0 Å². The standard InChI is InChI=1S/C17H20/c1-12(2)16-9-14(4)17(11-16)10-15-7-5-13(3)6-8-15/h5-9,11,17H,1,10H2,2-4H3. The van der Waals surface area contributed by atoms with E-state index >= 15 is 0 Å². The topological polar surface area (TPSA) is 0 Å². The van der Waals surface area contributed by atoms with Gasteiger partial charge in [-0.2, -0.15) is 0 Å². The van der Waals surface area contributed by atoms with E-state index in [4.69, 9.17) is 0 Å². The lowest BCUT2D eigenvalue weighted by Crippen LogP contribution is -2.00. The van der Waals surface area contributed by atoms with Crippen molar-refractivity contribution in [3.63, 3.8) is 0 Å². The summed E-state index contributed by atoms with van der Waals surface area (Å²) in [5.74, 6) is 0.546. The van der Waals surface area contributed by atoms with Gasteiger partial charge in [-0.15, -0.1) is 0 Å². The third kappa shape index (κ3) is 2.76. The van der Waals surface area contributed by atoms with E-state index in [1.807, 2.05) is 0 Å². The van der Waals surface area contributed by atoms with Crippen molar-refractivity contribution in [2.24, 2.45) is 5.92 Å². The van der Waals surface area contributed by atoms with Gasteiger partial charge in [0.2, 0.25) is 0 Å². The molecule has 1 unspecified atom stereocenters. The van der Waals surface area contributed by atoms with Crippen molar-refractivity contribution in [3.8, 4) is 0 Å². The predicted octanol–water partition coefficient (Wildman–Crippen LogP) is 4.62. The lowest BCUT2D eigenvalue weighted by atomic mass is 9.95. The Bertz CT molecular complexity index is 483. The fourth-order valence-corrected chi connectivity index (χ4v) is 2.21. The zero-order valence-corrected chi connectivity index (χ0v) is 11.0. The fraction of sp³-hybridized carbons (Fsp3) is 0.294. The van der Waals surface area contributed by atoms with Gasteiger partial charge in [0.15, 0.2) is 0 Å². The summed E-state index contributed by atoms with van der Waals surface area (Å²) in [6.45, 7) is 10.4. The van der Waals surface area contributed by atoms with Crippen LogP contribution in [0.3, 0.4) is 0 Å². The van der Waals surface area contributed by atoms with Crippen molar-refractivity contribution < 1.29 is 0 Å². The van der Waals surface area contributed by atoms with Crippen molar-refractivity contribution in [1.82, 2.24) is 0 Å². The van der Waals surface area contributed by atoms with Crippen LogP contribution in [-0.4, -0.2) is 0 Å². The summed E-state index contributed by atoms with van der Waals surface area (Å²) in [5, 5.41) is 0. The average Bonchev–Trinajstić information content (AvgIpc) is 2.64. The molecule has 0 N–H and O–H groups in total. The summed E-state index contributed by atoms with van der Waals surface area (Å²) < 4.78 is 0. The van der Waals surface area contributed by atoms with Gasteiger partial charge in [-0.3, -0.25) is 0 Å². The first-order valence-corrected chi connectivity index (χ1v) is 6.17. The predicted molar refractivity (Wildman–Crippen MR) is 75.0 cm³/mol. The highest BCUT2D eigenvalue weighted by Gasteiger charge is 2.16. The molecule has 1 aromatic carbocycles. The summed E-state index contributed by atoms with van der Waals surface area (Å²) in [5.41, 5.74) is 6.65. The van der Waals surface area contributed by atoms with Gasteiger partial charge < -0.3 is 0 Å². The molecule has 0 spiro atoms. The molecule has 0 aromatic heterocycles. The molecule has 2 rings (SSSR count). The Morgan fingerprint density at radius 3 is 2.35 bits per heavy atom. The molecule has 0 amide bonds. The van der Waals surface area contributed by atoms with Crippen LogP contribution in [0.15, 0.2) is 59.7 Å². The van der Waals surface area contributed by atoms with Gasteiger partial charge in [-0.05, 0) is 38.3 Å². The number of hydrogen-bond acceptors (Lipinski definition) is 0. The zero-order chi connectivity index (χ0) is 12.4. The van der Waals surface area contributed by atoms with Crippen molar-refractivity contribution in [3.05, 3.63) is 70.8 Å². The Labute approximate surface area is 104 Å². The minimum atomic E-state index is 0.546. The Balaban J connectivity index is 2.13. The third-order valence-electron chi connectivity index (χ3n) is 3.42. The number of benzene rings is 1. The Morgan fingerprint density at radius 1 is 1.18 bits per heavy atom. The van der Waals surface area contributed by atoms with Crippen molar-refractivity contribution in [2.45, 2.75) is 27.2 Å². The van der Waals surface area contributed by atoms with Crippen LogP contribution < -0.4 is 0 Å². The molecule has 0 heterocycles. The van der Waals surface area contributed by atoms with E-state index in [2.05, 4.69) is 63.8 Å². The Morgan fingerprint density at radius 2 is 1.82 bits per heavy atom. The maximum absolute atomic E-state index is 4.01. The van der Waals surface area contributed by atoms with Crippen LogP contribution >= 0.6 is 0 Å². The molecule has 1 aliphatic carbocycles. The molecule has 0 saturated carbocycles. The first-order valence-electron chi connectivity index (χ1n) is 6.17. The van der Waals surface area contributed by atoms with Crippen LogP contribution in [0.2, 0.25) is 0 Å². The Hall–Kier alpha value is -1.56. The van der Waals surface area contributed by atoms with Crippen molar-refractivity contribution in [2.75, 3.05) is 0 Å². The molecule has 0 nitrogen and oxygen atoms in total. The molecule has 17 heavy (non-hydrogen) atoms. The number of aryl methyl sites for hydroxylation is 1. The molecule has 1 atom stereocenters. The van der Waals surface area contributed by atoms with Crippen LogP contribution in [0.4, 0.5) is 0 Å². The molecular formula is C17H20. The maximum Gasteiger partial charge on any atom is 0.00268 e. The van der Waals surface area contributed by atoms with Gasteiger partial charge in [-0.25, -0.2) is 0 Å². The molecule has 0 heteroatoms. The van der Waals surface area contributed by atoms with Crippen LogP contribution in [-0.2, 0) is 6.42 Å². The summed E-state index contributed by atoms with van der Waals surface area (Å²) >= 11 is 0. The lowest BCUT2D eigenvalue weighted by molar-refractivity contribution is 0.765. The monoisotopic (exact) mass is 224 g/mol. The number of hydrogen-bond donors (Lipinski definition) is 0.